The number of hydrogen-bond donors (Lipinski definition) is 1. The number of rotatable bonds is 4. The van der Waals surface area contributed by atoms with Gasteiger partial charge in [-0.05, 0) is 30.5 Å². The molecule has 4 rings (SSSR count). The number of benzene rings is 1. The number of phenols is 1. The molecule has 1 aromatic carbocycles. The Morgan fingerprint density at radius 3 is 2.24 bits per heavy atom. The molecule has 9 heteroatoms. The maximum Gasteiger partial charge on any atom is 0.336 e. The van der Waals surface area contributed by atoms with Gasteiger partial charge in [-0.15, -0.1) is 0 Å². The Hall–Kier alpha value is -1.94. The van der Waals surface area contributed by atoms with Crippen LogP contribution in [0.4, 0.5) is 0 Å². The molecule has 1 aromatic heterocycles. The van der Waals surface area contributed by atoms with Crippen LogP contribution in [0.15, 0.2) is 33.5 Å². The predicted octanol–water partition coefficient (Wildman–Crippen LogP) is 1.74. The van der Waals surface area contributed by atoms with E-state index in [0.717, 1.165) is 36.6 Å². The largest absolute Gasteiger partial charge is 0.508 e. The van der Waals surface area contributed by atoms with Crippen molar-refractivity contribution in [1.29, 1.82) is 0 Å². The van der Waals surface area contributed by atoms with Crippen LogP contribution in [0.5, 0.6) is 5.75 Å². The first-order valence-corrected chi connectivity index (χ1v) is 11.6. The molecule has 2 saturated heterocycles. The van der Waals surface area contributed by atoms with Crippen LogP contribution in [0.1, 0.15) is 31.2 Å². The van der Waals surface area contributed by atoms with Crippen molar-refractivity contribution in [2.24, 2.45) is 0 Å². The Labute approximate surface area is 170 Å². The highest BCUT2D eigenvalue weighted by Gasteiger charge is 2.32. The van der Waals surface area contributed by atoms with E-state index in [0.29, 0.717) is 51.4 Å². The lowest BCUT2D eigenvalue weighted by Gasteiger charge is -2.36. The molecule has 0 atom stereocenters. The molecule has 0 bridgehead atoms. The van der Waals surface area contributed by atoms with Crippen LogP contribution >= 0.6 is 0 Å². The molecule has 0 unspecified atom stereocenters. The summed E-state index contributed by atoms with van der Waals surface area (Å²) >= 11 is 0. The molecule has 0 radical (unpaired) electrons. The molecule has 2 fully saturated rings. The second-order valence-electron chi connectivity index (χ2n) is 7.77. The fourth-order valence-corrected chi connectivity index (χ4v) is 5.82. The van der Waals surface area contributed by atoms with E-state index < -0.39 is 15.8 Å². The molecule has 0 aliphatic carbocycles. The Kier molecular flexibility index (Phi) is 5.91. The molecule has 2 aliphatic heterocycles. The van der Waals surface area contributed by atoms with Crippen molar-refractivity contribution in [2.75, 3.05) is 39.3 Å². The van der Waals surface area contributed by atoms with Crippen molar-refractivity contribution < 1.29 is 17.9 Å². The molecular weight excluding hydrogens is 394 g/mol. The lowest BCUT2D eigenvalue weighted by Crippen LogP contribution is -2.52. The van der Waals surface area contributed by atoms with Gasteiger partial charge in [-0.25, -0.2) is 4.79 Å². The molecule has 3 heterocycles. The van der Waals surface area contributed by atoms with Gasteiger partial charge in [0.25, 0.3) is 10.2 Å². The molecular formula is C20H27N3O5S. The van der Waals surface area contributed by atoms with Crippen LogP contribution in [0.25, 0.3) is 11.0 Å². The summed E-state index contributed by atoms with van der Waals surface area (Å²) in [7, 11) is -3.40. The first-order valence-electron chi connectivity index (χ1n) is 10.2. The molecule has 0 saturated carbocycles. The second-order valence-corrected chi connectivity index (χ2v) is 9.70. The van der Waals surface area contributed by atoms with Gasteiger partial charge < -0.3 is 9.52 Å². The Morgan fingerprint density at radius 1 is 0.897 bits per heavy atom. The lowest BCUT2D eigenvalue weighted by molar-refractivity contribution is 0.175. The van der Waals surface area contributed by atoms with Crippen LogP contribution in [-0.4, -0.2) is 66.3 Å². The summed E-state index contributed by atoms with van der Waals surface area (Å²) in [6.07, 6.45) is 4.05. The Morgan fingerprint density at radius 2 is 1.55 bits per heavy atom. The van der Waals surface area contributed by atoms with E-state index in [-0.39, 0.29) is 5.75 Å². The van der Waals surface area contributed by atoms with Crippen molar-refractivity contribution in [3.05, 3.63) is 40.2 Å². The summed E-state index contributed by atoms with van der Waals surface area (Å²) < 4.78 is 34.3. The molecule has 8 nitrogen and oxygen atoms in total. The summed E-state index contributed by atoms with van der Waals surface area (Å²) in [4.78, 5) is 14.0. The van der Waals surface area contributed by atoms with Crippen LogP contribution in [-0.2, 0) is 16.8 Å². The first-order chi connectivity index (χ1) is 13.9. The Balaban J connectivity index is 1.44. The molecule has 158 valence electrons. The summed E-state index contributed by atoms with van der Waals surface area (Å²) in [5, 5.41) is 10.4. The molecule has 2 aliphatic rings. The van der Waals surface area contributed by atoms with E-state index >= 15 is 0 Å². The van der Waals surface area contributed by atoms with Crippen LogP contribution in [0, 0.1) is 0 Å². The highest BCUT2D eigenvalue weighted by Crippen LogP contribution is 2.24. The fourth-order valence-electron chi connectivity index (χ4n) is 4.14. The van der Waals surface area contributed by atoms with Crippen molar-refractivity contribution in [2.45, 2.75) is 32.2 Å². The third-order valence-electron chi connectivity index (χ3n) is 5.76. The standard InChI is InChI=1S/C20H27N3O5S/c24-17-5-6-18-16(13-20(25)28-19(18)14-17)15-21-9-11-23(12-10-21)29(26,27)22-7-3-1-2-4-8-22/h5-6,13-14,24H,1-4,7-12,15H2. The van der Waals surface area contributed by atoms with E-state index in [1.54, 1.807) is 20.7 Å². The van der Waals surface area contributed by atoms with Gasteiger partial charge >= 0.3 is 5.63 Å². The smallest absolute Gasteiger partial charge is 0.336 e. The number of phenolic OH excluding ortho intramolecular Hbond substituents is 1. The van der Waals surface area contributed by atoms with Gasteiger partial charge in [0.1, 0.15) is 11.3 Å². The summed E-state index contributed by atoms with van der Waals surface area (Å²) in [5.41, 5.74) is 0.718. The average molecular weight is 422 g/mol. The SMILES string of the molecule is O=c1cc(CN2CCN(S(=O)(=O)N3CCCCCC3)CC2)c2ccc(O)cc2o1. The van der Waals surface area contributed by atoms with E-state index in [1.807, 2.05) is 0 Å². The highest BCUT2D eigenvalue weighted by atomic mass is 32.2. The second kappa shape index (κ2) is 8.43. The summed E-state index contributed by atoms with van der Waals surface area (Å²) in [6.45, 7) is 3.85. The third-order valence-corrected chi connectivity index (χ3v) is 7.79. The molecule has 29 heavy (non-hydrogen) atoms. The van der Waals surface area contributed by atoms with E-state index in [4.69, 9.17) is 4.42 Å². The van der Waals surface area contributed by atoms with Gasteiger partial charge in [-0.3, -0.25) is 4.90 Å². The normalized spacial score (nSPS) is 20.7. The van der Waals surface area contributed by atoms with Gasteiger partial charge in [0.05, 0.1) is 0 Å². The molecule has 0 spiro atoms. The average Bonchev–Trinajstić information content (AvgIpc) is 2.98. The zero-order valence-corrected chi connectivity index (χ0v) is 17.2. The van der Waals surface area contributed by atoms with E-state index in [9.17, 15) is 18.3 Å². The van der Waals surface area contributed by atoms with Crippen LogP contribution < -0.4 is 5.63 Å². The number of piperazine rings is 1. The number of hydrogen-bond acceptors (Lipinski definition) is 6. The minimum atomic E-state index is -3.40. The predicted molar refractivity (Wildman–Crippen MR) is 110 cm³/mol. The zero-order chi connectivity index (χ0) is 20.4. The van der Waals surface area contributed by atoms with Crippen molar-refractivity contribution >= 4 is 21.2 Å². The molecule has 0 amide bonds. The summed E-state index contributed by atoms with van der Waals surface area (Å²) in [5.74, 6) is 0.0464. The minimum Gasteiger partial charge on any atom is -0.508 e. The van der Waals surface area contributed by atoms with Crippen LogP contribution in [0.3, 0.4) is 0 Å². The maximum atomic E-state index is 13.0. The van der Waals surface area contributed by atoms with Gasteiger partial charge in [0.2, 0.25) is 0 Å². The number of aromatic hydroxyl groups is 1. The maximum absolute atomic E-state index is 13.0. The lowest BCUT2D eigenvalue weighted by atomic mass is 10.1. The van der Waals surface area contributed by atoms with Gasteiger partial charge in [0, 0.05) is 63.3 Å². The topological polar surface area (TPSA) is 94.3 Å². The Bertz CT molecular complexity index is 1020. The van der Waals surface area contributed by atoms with Crippen LogP contribution in [0.2, 0.25) is 0 Å². The monoisotopic (exact) mass is 421 g/mol. The minimum absolute atomic E-state index is 0.0464. The number of fused-ring (bicyclic) bond motifs is 1. The fraction of sp³-hybridized carbons (Fsp3) is 0.550. The molecule has 2 aromatic rings. The first kappa shape index (κ1) is 20.3. The quantitative estimate of drug-likeness (QED) is 0.756. The van der Waals surface area contributed by atoms with Crippen molar-refractivity contribution in [1.82, 2.24) is 13.5 Å². The van der Waals surface area contributed by atoms with Gasteiger partial charge in [-0.1, -0.05) is 12.8 Å². The highest BCUT2D eigenvalue weighted by molar-refractivity contribution is 7.86. The summed E-state index contributed by atoms with van der Waals surface area (Å²) in [6, 6.07) is 6.21. The third kappa shape index (κ3) is 4.48. The molecule has 1 N–H and O–H groups in total. The van der Waals surface area contributed by atoms with Crippen molar-refractivity contribution in [3.8, 4) is 5.75 Å². The van der Waals surface area contributed by atoms with Crippen molar-refractivity contribution in [3.63, 3.8) is 0 Å². The van der Waals surface area contributed by atoms with Gasteiger partial charge in [0.15, 0.2) is 0 Å². The van der Waals surface area contributed by atoms with Gasteiger partial charge in [-0.2, -0.15) is 17.0 Å². The van der Waals surface area contributed by atoms with E-state index in [1.165, 1.54) is 12.1 Å². The zero-order valence-electron chi connectivity index (χ0n) is 16.4. The van der Waals surface area contributed by atoms with E-state index in [2.05, 4.69) is 4.90 Å². The number of nitrogens with zero attached hydrogens (tertiary/aromatic N) is 3.